The number of thioether (sulfide) groups is 1. The molecule has 0 aliphatic rings. The second-order valence-electron chi connectivity index (χ2n) is 4.46. The van der Waals surface area contributed by atoms with Crippen LogP contribution in [0.1, 0.15) is 5.56 Å². The van der Waals surface area contributed by atoms with Crippen LogP contribution in [0.25, 0.3) is 10.9 Å². The topological polar surface area (TPSA) is 38.9 Å². The summed E-state index contributed by atoms with van der Waals surface area (Å²) in [4.78, 5) is 5.50. The second kappa shape index (κ2) is 5.73. The van der Waals surface area contributed by atoms with Gasteiger partial charge in [-0.3, -0.25) is 0 Å². The molecule has 0 saturated heterocycles. The van der Waals surface area contributed by atoms with Crippen molar-refractivity contribution in [3.63, 3.8) is 0 Å². The van der Waals surface area contributed by atoms with Gasteiger partial charge in [-0.2, -0.15) is 0 Å². The second-order valence-corrected chi connectivity index (χ2v) is 5.83. The molecule has 2 nitrogen and oxygen atoms in total. The van der Waals surface area contributed by atoms with Crippen LogP contribution in [0.5, 0.6) is 0 Å². The van der Waals surface area contributed by atoms with Crippen LogP contribution in [0.3, 0.4) is 0 Å². The van der Waals surface area contributed by atoms with Gasteiger partial charge in [-0.05, 0) is 24.3 Å². The van der Waals surface area contributed by atoms with E-state index in [9.17, 15) is 0 Å². The van der Waals surface area contributed by atoms with Crippen LogP contribution in [-0.2, 0) is 5.75 Å². The van der Waals surface area contributed by atoms with Crippen molar-refractivity contribution < 1.29 is 0 Å². The molecule has 2 N–H and O–H groups in total. The number of hydrogen-bond donors (Lipinski definition) is 1. The van der Waals surface area contributed by atoms with Gasteiger partial charge >= 0.3 is 0 Å². The Hall–Kier alpha value is -1.71. The van der Waals surface area contributed by atoms with E-state index in [1.807, 2.05) is 48.5 Å². The van der Waals surface area contributed by atoms with Crippen LogP contribution in [0.4, 0.5) is 5.69 Å². The lowest BCUT2D eigenvalue weighted by atomic mass is 10.2. The summed E-state index contributed by atoms with van der Waals surface area (Å²) in [5, 5.41) is 1.67. The minimum absolute atomic E-state index is 0.561. The molecule has 3 rings (SSSR count). The van der Waals surface area contributed by atoms with E-state index in [4.69, 9.17) is 17.3 Å². The Morgan fingerprint density at radius 1 is 1.05 bits per heavy atom. The SMILES string of the molecule is Nc1ccccc1SCc1cc2ccccc2nc1Cl. The quantitative estimate of drug-likeness (QED) is 0.430. The highest BCUT2D eigenvalue weighted by molar-refractivity contribution is 7.98. The maximum absolute atomic E-state index is 6.25. The summed E-state index contributed by atoms with van der Waals surface area (Å²) in [7, 11) is 0. The first-order chi connectivity index (χ1) is 9.74. The average Bonchev–Trinajstić information content (AvgIpc) is 2.46. The monoisotopic (exact) mass is 300 g/mol. The Morgan fingerprint density at radius 3 is 2.65 bits per heavy atom. The molecule has 0 amide bonds. The highest BCUT2D eigenvalue weighted by atomic mass is 35.5. The van der Waals surface area contributed by atoms with Crippen molar-refractivity contribution >= 4 is 40.0 Å². The van der Waals surface area contributed by atoms with Crippen molar-refractivity contribution in [2.45, 2.75) is 10.6 Å². The highest BCUT2D eigenvalue weighted by Crippen LogP contribution is 2.31. The van der Waals surface area contributed by atoms with E-state index in [1.165, 1.54) is 0 Å². The van der Waals surface area contributed by atoms with Gasteiger partial charge in [-0.25, -0.2) is 4.98 Å². The van der Waals surface area contributed by atoms with Crippen molar-refractivity contribution in [3.8, 4) is 0 Å². The maximum atomic E-state index is 6.25. The number of nitrogen functional groups attached to an aromatic ring is 1. The van der Waals surface area contributed by atoms with Gasteiger partial charge in [-0.1, -0.05) is 41.9 Å². The Kier molecular flexibility index (Phi) is 3.81. The van der Waals surface area contributed by atoms with Gasteiger partial charge < -0.3 is 5.73 Å². The Balaban J connectivity index is 1.87. The Morgan fingerprint density at radius 2 is 1.80 bits per heavy atom. The van der Waals surface area contributed by atoms with Crippen molar-refractivity contribution in [1.29, 1.82) is 0 Å². The van der Waals surface area contributed by atoms with Gasteiger partial charge in [0.15, 0.2) is 0 Å². The van der Waals surface area contributed by atoms with E-state index in [1.54, 1.807) is 11.8 Å². The normalized spacial score (nSPS) is 10.8. The number of benzene rings is 2. The lowest BCUT2D eigenvalue weighted by molar-refractivity contribution is 1.30. The number of rotatable bonds is 3. The fourth-order valence-electron chi connectivity index (χ4n) is 2.00. The summed E-state index contributed by atoms with van der Waals surface area (Å²) < 4.78 is 0. The minimum Gasteiger partial charge on any atom is -0.398 e. The summed E-state index contributed by atoms with van der Waals surface area (Å²) >= 11 is 7.93. The van der Waals surface area contributed by atoms with E-state index in [2.05, 4.69) is 11.1 Å². The molecule has 0 unspecified atom stereocenters. The van der Waals surface area contributed by atoms with E-state index in [-0.39, 0.29) is 0 Å². The van der Waals surface area contributed by atoms with Gasteiger partial charge in [0.1, 0.15) is 5.15 Å². The van der Waals surface area contributed by atoms with Crippen molar-refractivity contribution in [2.75, 3.05) is 5.73 Å². The third-order valence-electron chi connectivity index (χ3n) is 3.05. The van der Waals surface area contributed by atoms with Gasteiger partial charge in [0.2, 0.25) is 0 Å². The predicted molar refractivity (Wildman–Crippen MR) is 87.2 cm³/mol. The van der Waals surface area contributed by atoms with Gasteiger partial charge in [-0.15, -0.1) is 11.8 Å². The number of pyridine rings is 1. The smallest absolute Gasteiger partial charge is 0.133 e. The lowest BCUT2D eigenvalue weighted by Gasteiger charge is -2.07. The molecule has 0 bridgehead atoms. The molecule has 0 aliphatic heterocycles. The number of para-hydroxylation sites is 2. The van der Waals surface area contributed by atoms with E-state index in [0.717, 1.165) is 32.8 Å². The first-order valence-corrected chi connectivity index (χ1v) is 7.62. The zero-order valence-electron chi connectivity index (χ0n) is 10.7. The van der Waals surface area contributed by atoms with Gasteiger partial charge in [0.25, 0.3) is 0 Å². The number of anilines is 1. The van der Waals surface area contributed by atoms with Crippen molar-refractivity contribution in [1.82, 2.24) is 4.98 Å². The first-order valence-electron chi connectivity index (χ1n) is 6.25. The first kappa shape index (κ1) is 13.3. The molecule has 0 spiro atoms. The van der Waals surface area contributed by atoms with Crippen LogP contribution in [0.2, 0.25) is 5.15 Å². The van der Waals surface area contributed by atoms with E-state index < -0.39 is 0 Å². The lowest BCUT2D eigenvalue weighted by Crippen LogP contribution is -1.91. The highest BCUT2D eigenvalue weighted by Gasteiger charge is 2.06. The largest absolute Gasteiger partial charge is 0.398 e. The summed E-state index contributed by atoms with van der Waals surface area (Å²) in [5.74, 6) is 0.755. The third-order valence-corrected chi connectivity index (χ3v) is 4.52. The third kappa shape index (κ3) is 2.74. The number of nitrogens with zero attached hydrogens (tertiary/aromatic N) is 1. The molecule has 1 aromatic heterocycles. The molecule has 100 valence electrons. The fraction of sp³-hybridized carbons (Fsp3) is 0.0625. The molecular weight excluding hydrogens is 288 g/mol. The standard InChI is InChI=1S/C16H13ClN2S/c17-16-12(9-11-5-1-3-7-14(11)19-16)10-20-15-8-4-2-6-13(15)18/h1-9H,10,18H2. The molecule has 20 heavy (non-hydrogen) atoms. The average molecular weight is 301 g/mol. The Labute approximate surface area is 127 Å². The fourth-order valence-corrected chi connectivity index (χ4v) is 3.24. The van der Waals surface area contributed by atoms with Crippen LogP contribution >= 0.6 is 23.4 Å². The zero-order valence-corrected chi connectivity index (χ0v) is 12.3. The summed E-state index contributed by atoms with van der Waals surface area (Å²) in [6.45, 7) is 0. The van der Waals surface area contributed by atoms with Crippen molar-refractivity contribution in [3.05, 3.63) is 65.3 Å². The molecule has 2 aromatic carbocycles. The summed E-state index contributed by atoms with van der Waals surface area (Å²) in [6, 6.07) is 17.9. The summed E-state index contributed by atoms with van der Waals surface area (Å²) in [5.41, 5.74) is 8.69. The van der Waals surface area contributed by atoms with Crippen LogP contribution in [-0.4, -0.2) is 4.98 Å². The van der Waals surface area contributed by atoms with E-state index in [0.29, 0.717) is 5.15 Å². The molecule has 0 radical (unpaired) electrons. The number of nitrogens with two attached hydrogens (primary N) is 1. The van der Waals surface area contributed by atoms with Gasteiger partial charge in [0.05, 0.1) is 5.52 Å². The Bertz CT molecular complexity index is 758. The zero-order chi connectivity index (χ0) is 13.9. The van der Waals surface area contributed by atoms with E-state index >= 15 is 0 Å². The number of aromatic nitrogens is 1. The molecule has 0 atom stereocenters. The predicted octanol–water partition coefficient (Wildman–Crippen LogP) is 4.76. The number of halogens is 1. The minimum atomic E-state index is 0.561. The van der Waals surface area contributed by atoms with Gasteiger partial charge in [0, 0.05) is 27.3 Å². The summed E-state index contributed by atoms with van der Waals surface area (Å²) in [6.07, 6.45) is 0. The van der Waals surface area contributed by atoms with Crippen molar-refractivity contribution in [2.24, 2.45) is 0 Å². The maximum Gasteiger partial charge on any atom is 0.133 e. The molecule has 0 saturated carbocycles. The van der Waals surface area contributed by atoms with Crippen LogP contribution < -0.4 is 5.73 Å². The van der Waals surface area contributed by atoms with Crippen LogP contribution in [0, 0.1) is 0 Å². The number of fused-ring (bicyclic) bond motifs is 1. The van der Waals surface area contributed by atoms with Crippen LogP contribution in [0.15, 0.2) is 59.5 Å². The molecule has 0 fully saturated rings. The molecule has 1 heterocycles. The molecule has 3 aromatic rings. The molecule has 0 aliphatic carbocycles. The molecule has 4 heteroatoms. The molecular formula is C16H13ClN2S. The number of hydrogen-bond acceptors (Lipinski definition) is 3.